The molecule has 7 heteroatoms. The maximum Gasteiger partial charge on any atom is 0.333 e. The molecule has 3 nitrogen and oxygen atoms in total. The third kappa shape index (κ3) is 7.40. The number of nitrogens with zero attached hydrogens (tertiary/aromatic N) is 1. The van der Waals surface area contributed by atoms with Gasteiger partial charge in [-0.2, -0.15) is 0 Å². The molecule has 0 bridgehead atoms. The van der Waals surface area contributed by atoms with Gasteiger partial charge in [-0.25, -0.2) is 4.79 Å². The van der Waals surface area contributed by atoms with Gasteiger partial charge in [-0.3, -0.25) is 3.97 Å². The quantitative estimate of drug-likeness (QED) is 0.106. The average Bonchev–Trinajstić information content (AvgIpc) is 2.76. The molecule has 1 aromatic heterocycles. The zero-order valence-electron chi connectivity index (χ0n) is 16.3. The van der Waals surface area contributed by atoms with Crippen molar-refractivity contribution in [1.82, 2.24) is 3.97 Å². The first-order valence-electron chi connectivity index (χ1n) is 9.37. The van der Waals surface area contributed by atoms with E-state index in [2.05, 4.69) is 0 Å². The summed E-state index contributed by atoms with van der Waals surface area (Å²) in [6, 6.07) is 25.6. The number of hydrogen-bond donors (Lipinski definition) is 0. The monoisotopic (exact) mass is 471 g/mol. The molecule has 0 amide bonds. The highest BCUT2D eigenvalue weighted by Crippen LogP contribution is 2.39. The molecule has 30 heavy (non-hydrogen) atoms. The van der Waals surface area contributed by atoms with E-state index in [1.165, 1.54) is 11.9 Å². The third-order valence-electron chi connectivity index (χ3n) is 3.76. The number of hydrogen-bond acceptors (Lipinski definition) is 6. The molecule has 0 N–H and O–H groups in total. The Balaban J connectivity index is 1.73. The lowest BCUT2D eigenvalue weighted by Crippen LogP contribution is -2.14. The molecule has 0 saturated heterocycles. The van der Waals surface area contributed by atoms with E-state index in [1.807, 2.05) is 96.0 Å². The van der Waals surface area contributed by atoms with Gasteiger partial charge >= 0.3 is 5.97 Å². The Labute approximate surface area is 195 Å². The van der Waals surface area contributed by atoms with Crippen LogP contribution in [0.2, 0.25) is 0 Å². The highest BCUT2D eigenvalue weighted by atomic mass is 32.2. The molecule has 2 aromatic carbocycles. The Kier molecular flexibility index (Phi) is 9.14. The fourth-order valence-electron chi connectivity index (χ4n) is 2.35. The van der Waals surface area contributed by atoms with Gasteiger partial charge in [0.05, 0.1) is 4.24 Å². The summed E-state index contributed by atoms with van der Waals surface area (Å²) in [5.74, 6) is -0.362. The van der Waals surface area contributed by atoms with Crippen molar-refractivity contribution in [2.75, 3.05) is 0 Å². The Morgan fingerprint density at radius 3 is 2.07 bits per heavy atom. The van der Waals surface area contributed by atoms with Crippen molar-refractivity contribution in [2.24, 2.45) is 0 Å². The van der Waals surface area contributed by atoms with Crippen molar-refractivity contribution < 1.29 is 9.53 Å². The summed E-state index contributed by atoms with van der Waals surface area (Å²) in [7, 11) is 0. The number of carbonyl (C=O) groups excluding carboxylic acids is 1. The lowest BCUT2D eigenvalue weighted by molar-refractivity contribution is -0.139. The van der Waals surface area contributed by atoms with Crippen LogP contribution in [0, 0.1) is 4.64 Å². The molecule has 1 heterocycles. The van der Waals surface area contributed by atoms with E-state index < -0.39 is 0 Å². The third-order valence-corrected chi connectivity index (χ3v) is 7.57. The number of aromatic nitrogens is 1. The van der Waals surface area contributed by atoms with E-state index in [0.29, 0.717) is 11.1 Å². The normalized spacial score (nSPS) is 11.5. The van der Waals surface area contributed by atoms with Gasteiger partial charge in [0.15, 0.2) is 5.44 Å². The van der Waals surface area contributed by atoms with Crippen LogP contribution in [0.5, 0.6) is 0 Å². The Morgan fingerprint density at radius 1 is 0.967 bits per heavy atom. The van der Waals surface area contributed by atoms with Gasteiger partial charge in [-0.1, -0.05) is 85.1 Å². The molecule has 3 rings (SSSR count). The molecular formula is C23H21NO2S4. The molecule has 0 spiro atoms. The lowest BCUT2D eigenvalue weighted by atomic mass is 10.4. The summed E-state index contributed by atoms with van der Waals surface area (Å²) in [5, 5.41) is 0. The van der Waals surface area contributed by atoms with Crippen molar-refractivity contribution in [2.45, 2.75) is 28.6 Å². The van der Waals surface area contributed by atoms with Gasteiger partial charge in [-0.05, 0) is 42.8 Å². The van der Waals surface area contributed by atoms with E-state index in [9.17, 15) is 4.79 Å². The van der Waals surface area contributed by atoms with Crippen LogP contribution < -0.4 is 0 Å². The fraction of sp³-hybridized carbons (Fsp3) is 0.130. The van der Waals surface area contributed by atoms with Crippen molar-refractivity contribution >= 4 is 53.7 Å². The van der Waals surface area contributed by atoms with Crippen LogP contribution in [0.1, 0.15) is 13.3 Å². The molecule has 0 aliphatic rings. The fourth-order valence-corrected chi connectivity index (χ4v) is 5.57. The minimum absolute atomic E-state index is 0.326. The maximum atomic E-state index is 12.7. The second kappa shape index (κ2) is 12.1. The van der Waals surface area contributed by atoms with Gasteiger partial charge in [0.1, 0.15) is 4.64 Å². The summed E-state index contributed by atoms with van der Waals surface area (Å²) >= 11 is 9.83. The predicted molar refractivity (Wildman–Crippen MR) is 131 cm³/mol. The topological polar surface area (TPSA) is 31.2 Å². The Hall–Kier alpha value is -1.93. The SMILES string of the molecule is CCC(OC(=O)C=C(Sc1ccccc1)Sc1ccccc1)Sn1ccccc1=S. The molecule has 0 saturated carbocycles. The number of rotatable bonds is 9. The number of benzene rings is 2. The average molecular weight is 472 g/mol. The van der Waals surface area contributed by atoms with Crippen LogP contribution in [0.15, 0.2) is 105 Å². The molecule has 0 aliphatic carbocycles. The van der Waals surface area contributed by atoms with E-state index >= 15 is 0 Å². The minimum atomic E-state index is -0.362. The first-order valence-corrected chi connectivity index (χ1v) is 12.2. The first kappa shape index (κ1) is 22.7. The molecule has 1 atom stereocenters. The Morgan fingerprint density at radius 2 is 1.53 bits per heavy atom. The van der Waals surface area contributed by atoms with Crippen LogP contribution >= 0.6 is 47.7 Å². The Bertz CT molecular complexity index is 992. The molecule has 3 aromatic rings. The second-order valence-corrected chi connectivity index (χ2v) is 10.1. The zero-order chi connectivity index (χ0) is 21.2. The van der Waals surface area contributed by atoms with Gasteiger partial charge in [0, 0.05) is 34.0 Å². The summed E-state index contributed by atoms with van der Waals surface area (Å²) < 4.78 is 9.11. The molecule has 0 fully saturated rings. The molecule has 0 aliphatic heterocycles. The van der Waals surface area contributed by atoms with E-state index in [4.69, 9.17) is 17.0 Å². The van der Waals surface area contributed by atoms with Crippen molar-refractivity contribution in [3.63, 3.8) is 0 Å². The van der Waals surface area contributed by atoms with Crippen LogP contribution in [0.25, 0.3) is 0 Å². The van der Waals surface area contributed by atoms with E-state index in [0.717, 1.165) is 14.0 Å². The highest BCUT2D eigenvalue weighted by molar-refractivity contribution is 8.22. The van der Waals surface area contributed by atoms with Crippen molar-refractivity contribution in [3.05, 3.63) is 100 Å². The lowest BCUT2D eigenvalue weighted by Gasteiger charge is -2.16. The number of thioether (sulfide) groups is 2. The van der Waals surface area contributed by atoms with Crippen LogP contribution in [-0.4, -0.2) is 15.4 Å². The van der Waals surface area contributed by atoms with Gasteiger partial charge in [0.2, 0.25) is 0 Å². The number of esters is 1. The maximum absolute atomic E-state index is 12.7. The smallest absolute Gasteiger partial charge is 0.333 e. The highest BCUT2D eigenvalue weighted by Gasteiger charge is 2.15. The summed E-state index contributed by atoms with van der Waals surface area (Å²) in [5.41, 5.74) is -0.326. The van der Waals surface area contributed by atoms with Crippen LogP contribution in [-0.2, 0) is 9.53 Å². The van der Waals surface area contributed by atoms with E-state index in [-0.39, 0.29) is 11.4 Å². The minimum Gasteiger partial charge on any atom is -0.446 e. The van der Waals surface area contributed by atoms with Crippen molar-refractivity contribution in [3.8, 4) is 0 Å². The molecular weight excluding hydrogens is 451 g/mol. The number of pyridine rings is 1. The number of ether oxygens (including phenoxy) is 1. The summed E-state index contributed by atoms with van der Waals surface area (Å²) in [6.07, 6.45) is 4.12. The summed E-state index contributed by atoms with van der Waals surface area (Å²) in [4.78, 5) is 14.8. The largest absolute Gasteiger partial charge is 0.446 e. The van der Waals surface area contributed by atoms with Gasteiger partial charge < -0.3 is 4.74 Å². The molecule has 154 valence electrons. The van der Waals surface area contributed by atoms with Crippen molar-refractivity contribution in [1.29, 1.82) is 0 Å². The van der Waals surface area contributed by atoms with E-state index in [1.54, 1.807) is 29.6 Å². The molecule has 0 radical (unpaired) electrons. The van der Waals surface area contributed by atoms with Gasteiger partial charge in [0.25, 0.3) is 0 Å². The zero-order valence-corrected chi connectivity index (χ0v) is 19.6. The van der Waals surface area contributed by atoms with Gasteiger partial charge in [-0.15, -0.1) is 0 Å². The number of carbonyl (C=O) groups is 1. The molecule has 1 unspecified atom stereocenters. The predicted octanol–water partition coefficient (Wildman–Crippen LogP) is 7.42. The van der Waals surface area contributed by atoms with Crippen LogP contribution in [0.4, 0.5) is 0 Å². The van der Waals surface area contributed by atoms with Crippen LogP contribution in [0.3, 0.4) is 0 Å². The summed E-state index contributed by atoms with van der Waals surface area (Å²) in [6.45, 7) is 1.99. The second-order valence-electron chi connectivity index (χ2n) is 6.04. The first-order chi connectivity index (χ1) is 14.6. The standard InChI is InChI=1S/C23H21NO2S4/c1-2-22(30-24-16-10-9-15-20(24)27)26-21(25)17-23(28-18-11-5-3-6-12-18)29-19-13-7-4-8-14-19/h3-17,22H,2H2,1H3.